The summed E-state index contributed by atoms with van der Waals surface area (Å²) in [5.41, 5.74) is 3.81. The number of anilines is 1. The summed E-state index contributed by atoms with van der Waals surface area (Å²) in [7, 11) is 0. The Balaban J connectivity index is 1.56. The molecule has 3 aromatic rings. The minimum absolute atomic E-state index is 0.0954. The van der Waals surface area contributed by atoms with Gasteiger partial charge in [0, 0.05) is 24.7 Å². The Morgan fingerprint density at radius 1 is 1.12 bits per heavy atom. The molecule has 0 spiro atoms. The normalized spacial score (nSPS) is 14.4. The largest absolute Gasteiger partial charge is 0.504 e. The predicted molar refractivity (Wildman–Crippen MR) is 140 cm³/mol. The summed E-state index contributed by atoms with van der Waals surface area (Å²) in [5, 5.41) is 20.5. The van der Waals surface area contributed by atoms with Crippen molar-refractivity contribution in [2.45, 2.75) is 26.2 Å². The fourth-order valence-electron chi connectivity index (χ4n) is 3.56. The number of nitrogens with zero attached hydrogens (tertiary/aromatic N) is 3. The molecule has 1 aliphatic rings. The van der Waals surface area contributed by atoms with Gasteiger partial charge in [-0.05, 0) is 49.6 Å². The molecule has 0 bridgehead atoms. The number of carbonyl (C=O) groups is 2. The van der Waals surface area contributed by atoms with E-state index in [9.17, 15) is 14.7 Å². The molecule has 11 heteroatoms. The van der Waals surface area contributed by atoms with Crippen molar-refractivity contribution in [1.82, 2.24) is 10.4 Å². The topological polar surface area (TPSA) is 85.2 Å². The van der Waals surface area contributed by atoms with Crippen LogP contribution in [0.3, 0.4) is 0 Å². The molecular formula is C23H22Cl2N4O3S2. The highest BCUT2D eigenvalue weighted by Crippen LogP contribution is 2.45. The molecular weight excluding hydrogens is 515 g/mol. The number of nitrogens with one attached hydrogen (secondary N) is 1. The number of thiophene rings is 2. The van der Waals surface area contributed by atoms with Gasteiger partial charge in [0.05, 0.1) is 24.7 Å². The number of hydrazine groups is 1. The monoisotopic (exact) mass is 536 g/mol. The van der Waals surface area contributed by atoms with Crippen molar-refractivity contribution < 1.29 is 14.7 Å². The summed E-state index contributed by atoms with van der Waals surface area (Å²) < 4.78 is 0. The van der Waals surface area contributed by atoms with Crippen molar-refractivity contribution >= 4 is 69.6 Å². The molecule has 1 aliphatic heterocycles. The molecule has 0 radical (unpaired) electrons. The Bertz CT molecular complexity index is 1230. The SMILES string of the molecule is CC=NN(C(=O)c1ccc(C(=O)NN2CCCCC2)s1)c1csc(-c2ccc(Cl)c(Cl)c2)c1O. The average Bonchev–Trinajstić information content (AvgIpc) is 3.47. The first-order chi connectivity index (χ1) is 16.4. The van der Waals surface area contributed by atoms with Gasteiger partial charge in [-0.25, -0.2) is 5.01 Å². The molecule has 2 aromatic heterocycles. The first-order valence-corrected chi connectivity index (χ1v) is 13.1. The van der Waals surface area contributed by atoms with E-state index >= 15 is 0 Å². The molecule has 0 saturated carbocycles. The lowest BCUT2D eigenvalue weighted by Gasteiger charge is -2.26. The number of hydrogen-bond donors (Lipinski definition) is 2. The fourth-order valence-corrected chi connectivity index (χ4v) is 5.60. The zero-order valence-electron chi connectivity index (χ0n) is 18.3. The van der Waals surface area contributed by atoms with Gasteiger partial charge in [-0.15, -0.1) is 22.7 Å². The second kappa shape index (κ2) is 10.9. The van der Waals surface area contributed by atoms with Crippen LogP contribution in [0.2, 0.25) is 10.0 Å². The number of halogens is 2. The van der Waals surface area contributed by atoms with Crippen molar-refractivity contribution in [2.24, 2.45) is 5.10 Å². The van der Waals surface area contributed by atoms with Crippen molar-refractivity contribution in [2.75, 3.05) is 18.1 Å². The first-order valence-electron chi connectivity index (χ1n) is 10.6. The van der Waals surface area contributed by atoms with E-state index in [1.54, 1.807) is 42.6 Å². The molecule has 1 saturated heterocycles. The zero-order chi connectivity index (χ0) is 24.2. The van der Waals surface area contributed by atoms with Crippen molar-refractivity contribution in [3.63, 3.8) is 0 Å². The number of piperidine rings is 1. The van der Waals surface area contributed by atoms with Gasteiger partial charge < -0.3 is 5.11 Å². The van der Waals surface area contributed by atoms with E-state index in [2.05, 4.69) is 10.5 Å². The van der Waals surface area contributed by atoms with Crippen LogP contribution in [0.4, 0.5) is 5.69 Å². The lowest BCUT2D eigenvalue weighted by Crippen LogP contribution is -2.44. The number of hydrogen-bond acceptors (Lipinski definition) is 7. The van der Waals surface area contributed by atoms with E-state index in [0.717, 1.165) is 42.3 Å². The molecule has 2 N–H and O–H groups in total. The number of rotatable bonds is 6. The maximum Gasteiger partial charge on any atom is 0.288 e. The third-order valence-electron chi connectivity index (χ3n) is 5.24. The number of hydrazone groups is 1. The summed E-state index contributed by atoms with van der Waals surface area (Å²) in [6.45, 7) is 3.32. The first kappa shape index (κ1) is 24.7. The Hall–Kier alpha value is -2.43. The van der Waals surface area contributed by atoms with Crippen LogP contribution >= 0.6 is 45.9 Å². The lowest BCUT2D eigenvalue weighted by molar-refractivity contribution is 0.0754. The minimum atomic E-state index is -0.450. The molecule has 34 heavy (non-hydrogen) atoms. The van der Waals surface area contributed by atoms with Gasteiger partial charge in [0.25, 0.3) is 11.8 Å². The quantitative estimate of drug-likeness (QED) is 0.287. The summed E-state index contributed by atoms with van der Waals surface area (Å²) in [6, 6.07) is 8.26. The van der Waals surface area contributed by atoms with Crippen LogP contribution < -0.4 is 10.4 Å². The van der Waals surface area contributed by atoms with Crippen LogP contribution in [-0.4, -0.2) is 41.2 Å². The molecule has 0 atom stereocenters. The highest BCUT2D eigenvalue weighted by Gasteiger charge is 2.26. The van der Waals surface area contributed by atoms with Gasteiger partial charge in [0.15, 0.2) is 5.75 Å². The van der Waals surface area contributed by atoms with Gasteiger partial charge in [-0.1, -0.05) is 35.7 Å². The maximum atomic E-state index is 13.3. The van der Waals surface area contributed by atoms with Crippen molar-refractivity contribution in [1.29, 1.82) is 0 Å². The standard InChI is InChI=1S/C23H22Cl2N4O3S2/c1-2-26-29(17-13-33-21(20(17)30)14-6-7-15(24)16(25)12-14)23(32)19-9-8-18(34-19)22(31)27-28-10-4-3-5-11-28/h2,6-9,12-13,30H,3-5,10-11H2,1H3,(H,27,31). The minimum Gasteiger partial charge on any atom is -0.504 e. The van der Waals surface area contributed by atoms with Crippen LogP contribution in [0.1, 0.15) is 45.5 Å². The number of carbonyl (C=O) groups excluding carboxylic acids is 2. The number of benzene rings is 1. The second-order valence-electron chi connectivity index (χ2n) is 7.57. The molecule has 178 valence electrons. The molecule has 0 aliphatic carbocycles. The van der Waals surface area contributed by atoms with Crippen LogP contribution in [0.5, 0.6) is 5.75 Å². The van der Waals surface area contributed by atoms with Gasteiger partial charge >= 0.3 is 0 Å². The summed E-state index contributed by atoms with van der Waals surface area (Å²) in [5.74, 6) is -0.785. The van der Waals surface area contributed by atoms with E-state index < -0.39 is 5.91 Å². The lowest BCUT2D eigenvalue weighted by atomic mass is 10.1. The van der Waals surface area contributed by atoms with Crippen LogP contribution in [0.15, 0.2) is 40.8 Å². The molecule has 0 unspecified atom stereocenters. The Morgan fingerprint density at radius 2 is 1.85 bits per heavy atom. The van der Waals surface area contributed by atoms with Crippen LogP contribution in [0.25, 0.3) is 10.4 Å². The Morgan fingerprint density at radius 3 is 2.56 bits per heavy atom. The van der Waals surface area contributed by atoms with Gasteiger partial charge in [0.2, 0.25) is 0 Å². The van der Waals surface area contributed by atoms with E-state index in [1.165, 1.54) is 24.0 Å². The predicted octanol–water partition coefficient (Wildman–Crippen LogP) is 6.27. The summed E-state index contributed by atoms with van der Waals surface area (Å²) in [4.78, 5) is 27.2. The Labute approximate surface area is 215 Å². The third kappa shape index (κ3) is 5.29. The molecule has 1 fully saturated rings. The van der Waals surface area contributed by atoms with Gasteiger partial charge in [0.1, 0.15) is 5.69 Å². The van der Waals surface area contributed by atoms with E-state index in [1.807, 2.05) is 5.01 Å². The Kier molecular flexibility index (Phi) is 7.90. The van der Waals surface area contributed by atoms with E-state index in [4.69, 9.17) is 23.2 Å². The van der Waals surface area contributed by atoms with Crippen LogP contribution in [0, 0.1) is 0 Å². The van der Waals surface area contributed by atoms with Crippen molar-refractivity contribution in [3.8, 4) is 16.2 Å². The maximum absolute atomic E-state index is 13.3. The summed E-state index contributed by atoms with van der Waals surface area (Å²) >= 11 is 14.5. The molecule has 1 aromatic carbocycles. The number of amides is 2. The molecule has 2 amide bonds. The molecule has 4 rings (SSSR count). The van der Waals surface area contributed by atoms with Gasteiger partial charge in [-0.3, -0.25) is 15.0 Å². The smallest absolute Gasteiger partial charge is 0.288 e. The summed E-state index contributed by atoms with van der Waals surface area (Å²) in [6.07, 6.45) is 4.73. The number of aromatic hydroxyl groups is 1. The fraction of sp³-hybridized carbons (Fsp3) is 0.261. The van der Waals surface area contributed by atoms with Gasteiger partial charge in [-0.2, -0.15) is 10.1 Å². The van der Waals surface area contributed by atoms with E-state index in [-0.39, 0.29) is 17.3 Å². The molecule has 3 heterocycles. The average molecular weight is 537 g/mol. The third-order valence-corrected chi connectivity index (χ3v) is 8.05. The van der Waals surface area contributed by atoms with Crippen LogP contribution in [-0.2, 0) is 0 Å². The van der Waals surface area contributed by atoms with Crippen molar-refractivity contribution in [3.05, 3.63) is 55.5 Å². The second-order valence-corrected chi connectivity index (χ2v) is 10.3. The highest BCUT2D eigenvalue weighted by molar-refractivity contribution is 7.16. The molecule has 7 nitrogen and oxygen atoms in total. The van der Waals surface area contributed by atoms with E-state index in [0.29, 0.717) is 30.2 Å². The zero-order valence-corrected chi connectivity index (χ0v) is 21.4. The highest BCUT2D eigenvalue weighted by atomic mass is 35.5.